The molecule has 0 bridgehead atoms. The van der Waals surface area contributed by atoms with Crippen LogP contribution in [-0.4, -0.2) is 66.1 Å². The average molecular weight is 154 g/mol. The minimum absolute atomic E-state index is 0.0255. The third kappa shape index (κ3) is 1.91. The van der Waals surface area contributed by atoms with E-state index in [0.717, 1.165) is 61.5 Å². The van der Waals surface area contributed by atoms with Crippen molar-refractivity contribution >= 4 is 61.5 Å². The molecule has 0 aliphatic carbocycles. The van der Waals surface area contributed by atoms with Gasteiger partial charge in [0.05, 0.1) is 0 Å². The van der Waals surface area contributed by atoms with Gasteiger partial charge in [-0.1, -0.05) is 0 Å². The van der Waals surface area contributed by atoms with Crippen LogP contribution in [0.2, 0.25) is 0 Å². The minimum atomic E-state index is 0.0255. The molecule has 0 unspecified atom stereocenters. The summed E-state index contributed by atoms with van der Waals surface area (Å²) in [5.41, 5.74) is 0. The summed E-state index contributed by atoms with van der Waals surface area (Å²) in [6, 6.07) is 3.55. The predicted molar refractivity (Wildman–Crippen MR) is 40.5 cm³/mol. The first-order valence-electron chi connectivity index (χ1n) is 3.10. The fourth-order valence-electron chi connectivity index (χ4n) is 0.938. The molecule has 0 atom stereocenters. The van der Waals surface area contributed by atoms with E-state index in [2.05, 4.69) is 0 Å². The van der Waals surface area contributed by atoms with Gasteiger partial charge in [0.1, 0.15) is 0 Å². The van der Waals surface area contributed by atoms with E-state index in [1.807, 2.05) is 6.07 Å². The summed E-state index contributed by atoms with van der Waals surface area (Å²) in [7, 11) is 0. The maximum absolute atomic E-state index is 9.13. The predicted octanol–water partition coefficient (Wildman–Crippen LogP) is -1.31. The molecule has 0 aromatic heterocycles. The molecule has 10 heavy (non-hydrogen) atoms. The van der Waals surface area contributed by atoms with E-state index in [1.165, 1.54) is 0 Å². The zero-order valence-corrected chi connectivity index (χ0v) is 10.0. The molecule has 0 heterocycles. The van der Waals surface area contributed by atoms with Crippen LogP contribution in [0.4, 0.5) is 0 Å². The van der Waals surface area contributed by atoms with E-state index in [1.54, 1.807) is 6.07 Å². The van der Waals surface area contributed by atoms with Crippen molar-refractivity contribution < 1.29 is 10.2 Å². The van der Waals surface area contributed by atoms with Gasteiger partial charge in [0.25, 0.3) is 0 Å². The summed E-state index contributed by atoms with van der Waals surface area (Å²) in [6.45, 7) is 0. The second-order valence-corrected chi connectivity index (χ2v) is 4.68. The van der Waals surface area contributed by atoms with Crippen LogP contribution >= 0.6 is 0 Å². The molecular formula is C6H4Na2O2. The fraction of sp³-hybridized carbons (Fsp3) is 0. The van der Waals surface area contributed by atoms with Gasteiger partial charge in [-0.25, -0.2) is 0 Å². The van der Waals surface area contributed by atoms with Crippen LogP contribution in [-0.2, 0) is 0 Å². The quantitative estimate of drug-likeness (QED) is 0.359. The zero-order valence-electron chi connectivity index (χ0n) is 6.05. The molecule has 0 aliphatic heterocycles. The van der Waals surface area contributed by atoms with Gasteiger partial charge in [-0.05, 0) is 0 Å². The van der Waals surface area contributed by atoms with E-state index >= 15 is 0 Å². The Balaban J connectivity index is 3.31. The molecule has 1 rings (SSSR count). The van der Waals surface area contributed by atoms with Crippen LogP contribution in [0.3, 0.4) is 0 Å². The van der Waals surface area contributed by atoms with Crippen molar-refractivity contribution in [3.8, 4) is 11.5 Å². The van der Waals surface area contributed by atoms with Crippen molar-refractivity contribution in [2.45, 2.75) is 0 Å². The Morgan fingerprint density at radius 1 is 1.10 bits per heavy atom. The summed E-state index contributed by atoms with van der Waals surface area (Å²) < 4.78 is 2.00. The molecule has 0 fully saturated rings. The van der Waals surface area contributed by atoms with Gasteiger partial charge in [-0.3, -0.25) is 0 Å². The van der Waals surface area contributed by atoms with Crippen LogP contribution in [0.1, 0.15) is 0 Å². The molecule has 0 saturated carbocycles. The van der Waals surface area contributed by atoms with Crippen molar-refractivity contribution in [3.05, 3.63) is 12.1 Å². The van der Waals surface area contributed by atoms with E-state index in [0.29, 0.717) is 0 Å². The normalized spacial score (nSPS) is 10.0. The molecule has 0 aliphatic rings. The van der Waals surface area contributed by atoms with Gasteiger partial charge in [-0.15, -0.1) is 0 Å². The average Bonchev–Trinajstić information content (AvgIpc) is 1.82. The van der Waals surface area contributed by atoms with Gasteiger partial charge in [0.15, 0.2) is 0 Å². The van der Waals surface area contributed by atoms with Gasteiger partial charge in [-0.2, -0.15) is 0 Å². The third-order valence-corrected chi connectivity index (χ3v) is 2.76. The molecule has 1 aromatic rings. The van der Waals surface area contributed by atoms with Gasteiger partial charge in [0, 0.05) is 0 Å². The summed E-state index contributed by atoms with van der Waals surface area (Å²) in [4.78, 5) is 0. The molecule has 0 amide bonds. The molecule has 4 heteroatoms. The van der Waals surface area contributed by atoms with Gasteiger partial charge in [0.2, 0.25) is 0 Å². The Hall–Kier alpha value is 0.820. The van der Waals surface area contributed by atoms with Crippen molar-refractivity contribution in [3.63, 3.8) is 0 Å². The van der Waals surface area contributed by atoms with E-state index in [4.69, 9.17) is 10.2 Å². The number of hydrogen-bond donors (Lipinski definition) is 2. The summed E-state index contributed by atoms with van der Waals surface area (Å²) in [5, 5.41) is 18.2. The third-order valence-electron chi connectivity index (χ3n) is 1.42. The molecule has 0 saturated heterocycles. The molecule has 2 N–H and O–H groups in total. The van der Waals surface area contributed by atoms with Gasteiger partial charge < -0.3 is 0 Å². The van der Waals surface area contributed by atoms with Crippen LogP contribution in [0.25, 0.3) is 0 Å². The number of phenols is 2. The van der Waals surface area contributed by atoms with Crippen LogP contribution < -0.4 is 5.63 Å². The second-order valence-electron chi connectivity index (χ2n) is 2.45. The molecule has 0 radical (unpaired) electrons. The number of hydrogen-bond acceptors (Lipinski definition) is 2. The first kappa shape index (κ1) is 8.91. The molecule has 2 nitrogen and oxygen atoms in total. The Bertz CT molecular complexity index is 237. The SMILES string of the molecule is Oc1c[c]([Na])c[c]([Na])c1O. The Morgan fingerprint density at radius 3 is 2.20 bits per heavy atom. The Morgan fingerprint density at radius 2 is 1.70 bits per heavy atom. The Labute approximate surface area is 94.1 Å². The number of benzene rings is 1. The van der Waals surface area contributed by atoms with Gasteiger partial charge >= 0.3 is 95.3 Å². The van der Waals surface area contributed by atoms with Crippen molar-refractivity contribution in [2.24, 2.45) is 0 Å². The topological polar surface area (TPSA) is 40.5 Å². The molecule has 42 valence electrons. The molecule has 1 aromatic carbocycles. The van der Waals surface area contributed by atoms with E-state index in [-0.39, 0.29) is 11.5 Å². The Kier molecular flexibility index (Phi) is 3.10. The first-order chi connectivity index (χ1) is 4.61. The number of aromatic hydroxyl groups is 2. The first-order valence-corrected chi connectivity index (χ1v) is 5.10. The van der Waals surface area contributed by atoms with Crippen LogP contribution in [0.15, 0.2) is 12.1 Å². The standard InChI is InChI=1S/C6H4O2.2Na/c7-5-3-1-2-4-6(5)8;;/h1,4,7-8H;;. The van der Waals surface area contributed by atoms with E-state index in [9.17, 15) is 0 Å². The zero-order chi connectivity index (χ0) is 7.72. The van der Waals surface area contributed by atoms with Crippen LogP contribution in [0, 0.1) is 0 Å². The fourth-order valence-corrected chi connectivity index (χ4v) is 2.93. The van der Waals surface area contributed by atoms with Crippen molar-refractivity contribution in [1.29, 1.82) is 0 Å². The molecule has 0 spiro atoms. The van der Waals surface area contributed by atoms with Crippen LogP contribution in [0.5, 0.6) is 11.5 Å². The van der Waals surface area contributed by atoms with Crippen molar-refractivity contribution in [1.82, 2.24) is 0 Å². The molecular weight excluding hydrogens is 150 g/mol. The van der Waals surface area contributed by atoms with Crippen molar-refractivity contribution in [2.75, 3.05) is 0 Å². The maximum atomic E-state index is 9.13. The summed E-state index contributed by atoms with van der Waals surface area (Å²) in [5.74, 6) is 0.0868. The second kappa shape index (κ2) is 3.48. The number of rotatable bonds is 0. The monoisotopic (exact) mass is 154 g/mol. The summed E-state index contributed by atoms with van der Waals surface area (Å²) >= 11 is 1.71. The summed E-state index contributed by atoms with van der Waals surface area (Å²) in [6.07, 6.45) is 0. The van der Waals surface area contributed by atoms with E-state index < -0.39 is 0 Å². The number of phenolic OH excluding ortho intramolecular Hbond substituents is 2.